The Kier molecular flexibility index (Phi) is 19.3. The maximum absolute atomic E-state index is 12.5. The van der Waals surface area contributed by atoms with Crippen LogP contribution in [0.5, 0.6) is 0 Å². The first kappa shape index (κ1) is 53.4. The monoisotopic (exact) mass is 893 g/mol. The zero-order chi connectivity index (χ0) is 45.0. The molecule has 6 rings (SSSR count). The summed E-state index contributed by atoms with van der Waals surface area (Å²) in [4.78, 5) is 0. The molecule has 0 aromatic rings. The van der Waals surface area contributed by atoms with Crippen molar-refractivity contribution in [3.63, 3.8) is 0 Å². The van der Waals surface area contributed by atoms with Crippen molar-refractivity contribution < 1.29 is 76.2 Å². The van der Waals surface area contributed by atoms with E-state index >= 15 is 0 Å². The molecule has 2 N–H and O–H groups in total. The summed E-state index contributed by atoms with van der Waals surface area (Å²) in [5.74, 6) is 1.96. The maximum Gasteiger partial charge on any atom is 1.00 e. The molecule has 5 nitrogen and oxygen atoms in total. The number of rotatable bonds is 14. The number of hydrogen-bond donors (Lipinski definition) is 2. The Morgan fingerprint density at radius 2 is 1.79 bits per heavy atom. The van der Waals surface area contributed by atoms with E-state index in [1.165, 1.54) is 83.1 Å². The van der Waals surface area contributed by atoms with Crippen molar-refractivity contribution in [2.45, 2.75) is 246 Å². The normalized spacial score (nSPS) is 36.6. The molecule has 0 radical (unpaired) electrons. The Morgan fingerprint density at radius 1 is 1.03 bits per heavy atom. The van der Waals surface area contributed by atoms with E-state index in [1.807, 2.05) is 6.92 Å². The summed E-state index contributed by atoms with van der Waals surface area (Å²) in [6.45, 7) is 24.8. The molecule has 0 aromatic heterocycles. The molecule has 11 unspecified atom stereocenters. The van der Waals surface area contributed by atoms with Crippen LogP contribution in [0.4, 0.5) is 0 Å². The first-order valence-electron chi connectivity index (χ1n) is 25.6. The zero-order valence-electron chi connectivity index (χ0n) is 42.4. The Hall–Kier alpha value is -0.544. The summed E-state index contributed by atoms with van der Waals surface area (Å²) >= 11 is 0. The van der Waals surface area contributed by atoms with Gasteiger partial charge in [-0.15, -0.1) is 5.76 Å². The molecule has 11 atom stereocenters. The molecule has 3 aliphatic heterocycles. The van der Waals surface area contributed by atoms with E-state index in [2.05, 4.69) is 86.6 Å². The van der Waals surface area contributed by atoms with Gasteiger partial charge in [0.25, 0.3) is 0 Å². The van der Waals surface area contributed by atoms with Crippen LogP contribution in [0.15, 0.2) is 80.7 Å². The van der Waals surface area contributed by atoms with Crippen molar-refractivity contribution >= 4 is 0 Å². The van der Waals surface area contributed by atoms with Gasteiger partial charge in [-0.1, -0.05) is 102 Å². The topological polar surface area (TPSA) is 82.0 Å². The van der Waals surface area contributed by atoms with E-state index in [0.717, 1.165) is 83.0 Å². The molecule has 3 aliphatic carbocycles. The van der Waals surface area contributed by atoms with Gasteiger partial charge in [0.15, 0.2) is 0 Å². The maximum atomic E-state index is 12.5. The third kappa shape index (κ3) is 12.8. The second-order valence-electron chi connectivity index (χ2n) is 22.5. The summed E-state index contributed by atoms with van der Waals surface area (Å²) < 4.78 is 15.1. The Balaban J connectivity index is 0.00000748. The van der Waals surface area contributed by atoms with Crippen molar-refractivity contribution in [3.8, 4) is 0 Å². The molecule has 3 bridgehead atoms. The fourth-order valence-corrected chi connectivity index (χ4v) is 12.9. The molecule has 63 heavy (non-hydrogen) atoms. The first-order valence-corrected chi connectivity index (χ1v) is 25.6. The van der Waals surface area contributed by atoms with Crippen LogP contribution in [0.3, 0.4) is 0 Å². The number of allylic oxidation sites excluding steroid dienone is 8. The molecule has 6 aliphatic rings. The van der Waals surface area contributed by atoms with Crippen LogP contribution in [0, 0.1) is 29.6 Å². The quantitative estimate of drug-likeness (QED) is 0.103. The molecule has 3 heterocycles. The van der Waals surface area contributed by atoms with Crippen LogP contribution < -0.4 is 56.5 Å². The summed E-state index contributed by atoms with van der Waals surface area (Å²) in [7, 11) is 0. The van der Waals surface area contributed by atoms with E-state index in [-0.39, 0.29) is 86.3 Å². The predicted octanol–water partition coefficient (Wildman–Crippen LogP) is 10.8. The van der Waals surface area contributed by atoms with E-state index in [9.17, 15) is 15.3 Å². The smallest absolute Gasteiger partial charge is 0.876 e. The van der Waals surface area contributed by atoms with Gasteiger partial charge in [-0.05, 0) is 207 Å². The predicted molar refractivity (Wildman–Crippen MR) is 256 cm³/mol. The molecule has 6 heteroatoms. The standard InChI is InChI=1S/C57H90O5.K/c1-12-38(3)21-15-32-56(11)34-28-46-37-48(50-41(6)25-26-44(52(50)57(46,13-2)62-56)24-18-30-54(9,60)29-17-23-42(7)58)47-35-40(5)20-14-19-39(4)22-16-31-55(10)33-27-45-36-49(59)51(47)43(8)53(45)61-55;/h20,23,25,36-39,44,47-49,53,58-60H,12-19,21-22,24,26-35H2,1-11H3;/q;+1/p-1/b40-20+,42-23+;. The average molecular weight is 893 g/mol. The van der Waals surface area contributed by atoms with Crippen molar-refractivity contribution in [2.75, 3.05) is 0 Å². The number of aliphatic hydroxyl groups is 2. The van der Waals surface area contributed by atoms with Crippen molar-refractivity contribution in [3.05, 3.63) is 80.7 Å². The number of aliphatic hydroxyl groups excluding tert-OH is 1. The second-order valence-corrected chi connectivity index (χ2v) is 22.5. The SMILES string of the molecule is CCC(C)CCCC1(C)CCC2=CC(C3C/C(C)=C/CCC(C)CCCC4(C)CCC5=CC(O)C3=C(C)C5O4)C3=C(C(CCCC(C)(O)CC/C=C(\C)[O-])CC=C3C)C2(CC)O1.[K+]. The van der Waals surface area contributed by atoms with Gasteiger partial charge in [0, 0.05) is 5.92 Å². The average Bonchev–Trinajstić information content (AvgIpc) is 3.20. The number of ether oxygens (including phenoxy) is 2. The Morgan fingerprint density at radius 3 is 2.51 bits per heavy atom. The van der Waals surface area contributed by atoms with E-state index < -0.39 is 17.3 Å². The fraction of sp³-hybridized carbons (Fsp3) is 0.754. The van der Waals surface area contributed by atoms with Crippen molar-refractivity contribution in [1.29, 1.82) is 0 Å². The van der Waals surface area contributed by atoms with E-state index in [0.29, 0.717) is 31.1 Å². The Labute approximate surface area is 428 Å². The molecule has 0 saturated carbocycles. The van der Waals surface area contributed by atoms with Crippen LogP contribution in [0.1, 0.15) is 211 Å². The molecular weight excluding hydrogens is 804 g/mol. The van der Waals surface area contributed by atoms with Gasteiger partial charge in [-0.25, -0.2) is 0 Å². The number of fused-ring (bicyclic) bond motifs is 3. The van der Waals surface area contributed by atoms with Crippen LogP contribution in [0.25, 0.3) is 0 Å². The molecular formula is C57H89KO5. The second kappa shape index (κ2) is 22.7. The van der Waals surface area contributed by atoms with Gasteiger partial charge in [-0.3, -0.25) is 0 Å². The third-order valence-electron chi connectivity index (χ3n) is 17.0. The largest absolute Gasteiger partial charge is 1.00 e. The van der Waals surface area contributed by atoms with Crippen LogP contribution >= 0.6 is 0 Å². The van der Waals surface area contributed by atoms with Gasteiger partial charge in [0.2, 0.25) is 0 Å². The molecule has 0 aromatic carbocycles. The van der Waals surface area contributed by atoms with Crippen LogP contribution in [-0.2, 0) is 9.47 Å². The summed E-state index contributed by atoms with van der Waals surface area (Å²) in [5.41, 5.74) is 9.26. The molecule has 2 fully saturated rings. The summed E-state index contributed by atoms with van der Waals surface area (Å²) in [5, 5.41) is 35.6. The van der Waals surface area contributed by atoms with Crippen molar-refractivity contribution in [1.82, 2.24) is 0 Å². The molecule has 348 valence electrons. The molecule has 0 spiro atoms. The first-order chi connectivity index (χ1) is 29.3. The van der Waals surface area contributed by atoms with Crippen molar-refractivity contribution in [2.24, 2.45) is 29.6 Å². The number of hydrogen-bond acceptors (Lipinski definition) is 5. The fourth-order valence-electron chi connectivity index (χ4n) is 12.9. The van der Waals surface area contributed by atoms with Gasteiger partial charge in [-0.2, -0.15) is 0 Å². The minimum atomic E-state index is -0.821. The summed E-state index contributed by atoms with van der Waals surface area (Å²) in [6.07, 6.45) is 32.1. The third-order valence-corrected chi connectivity index (χ3v) is 17.0. The summed E-state index contributed by atoms with van der Waals surface area (Å²) in [6, 6.07) is 0. The van der Waals surface area contributed by atoms with Gasteiger partial charge < -0.3 is 24.8 Å². The minimum absolute atomic E-state index is 0. The van der Waals surface area contributed by atoms with Crippen LogP contribution in [0.2, 0.25) is 0 Å². The minimum Gasteiger partial charge on any atom is -0.876 e. The molecule has 0 amide bonds. The Bertz CT molecular complexity index is 1800. The van der Waals surface area contributed by atoms with E-state index in [1.54, 1.807) is 13.0 Å². The van der Waals surface area contributed by atoms with E-state index in [4.69, 9.17) is 9.47 Å². The van der Waals surface area contributed by atoms with Crippen LogP contribution in [-0.4, -0.2) is 44.8 Å². The zero-order valence-corrected chi connectivity index (χ0v) is 45.5. The van der Waals surface area contributed by atoms with Gasteiger partial charge in [0.1, 0.15) is 11.7 Å². The van der Waals surface area contributed by atoms with Gasteiger partial charge >= 0.3 is 51.4 Å². The molecule has 2 saturated heterocycles. The van der Waals surface area contributed by atoms with Gasteiger partial charge in [0.05, 0.1) is 22.9 Å².